The summed E-state index contributed by atoms with van der Waals surface area (Å²) in [6.07, 6.45) is 0. The number of nitrogens with two attached hydrogens (primary N) is 1. The third-order valence-electron chi connectivity index (χ3n) is 2.79. The van der Waals surface area contributed by atoms with Crippen LogP contribution < -0.4 is 15.4 Å². The van der Waals surface area contributed by atoms with Crippen LogP contribution in [0, 0.1) is 5.82 Å². The van der Waals surface area contributed by atoms with Gasteiger partial charge in [0, 0.05) is 18.8 Å². The molecule has 0 aliphatic rings. The average molecular weight is 246 g/mol. The molecule has 0 aromatic heterocycles. The lowest BCUT2D eigenvalue weighted by Crippen LogP contribution is -2.11. The van der Waals surface area contributed by atoms with Crippen LogP contribution in [0.1, 0.15) is 0 Å². The molecule has 0 aliphatic heterocycles. The molecule has 0 saturated carbocycles. The van der Waals surface area contributed by atoms with E-state index in [1.165, 1.54) is 12.1 Å². The van der Waals surface area contributed by atoms with Crippen LogP contribution >= 0.6 is 0 Å². The molecule has 2 aromatic rings. The quantitative estimate of drug-likeness (QED) is 0.845. The molecule has 0 bridgehead atoms. The number of hydrogen-bond donors (Lipinski definition) is 1. The lowest BCUT2D eigenvalue weighted by Gasteiger charge is -2.21. The zero-order chi connectivity index (χ0) is 13.1. The van der Waals surface area contributed by atoms with Crippen LogP contribution in [0.5, 0.6) is 5.75 Å². The van der Waals surface area contributed by atoms with E-state index in [1.807, 2.05) is 24.1 Å². The van der Waals surface area contributed by atoms with Crippen LogP contribution in [0.4, 0.5) is 21.5 Å². The molecule has 94 valence electrons. The maximum atomic E-state index is 13.2. The summed E-state index contributed by atoms with van der Waals surface area (Å²) in [4.78, 5) is 1.82. The zero-order valence-electron chi connectivity index (χ0n) is 10.4. The lowest BCUT2D eigenvalue weighted by atomic mass is 10.2. The van der Waals surface area contributed by atoms with Crippen molar-refractivity contribution in [2.45, 2.75) is 0 Å². The summed E-state index contributed by atoms with van der Waals surface area (Å²) in [5.41, 5.74) is 8.05. The van der Waals surface area contributed by atoms with Crippen LogP contribution in [0.15, 0.2) is 42.5 Å². The molecule has 0 spiro atoms. The molecule has 0 unspecified atom stereocenters. The van der Waals surface area contributed by atoms with E-state index >= 15 is 0 Å². The van der Waals surface area contributed by atoms with Gasteiger partial charge in [0.2, 0.25) is 0 Å². The van der Waals surface area contributed by atoms with Gasteiger partial charge in [0.05, 0.1) is 18.5 Å². The van der Waals surface area contributed by atoms with E-state index in [1.54, 1.807) is 25.3 Å². The van der Waals surface area contributed by atoms with E-state index in [-0.39, 0.29) is 5.82 Å². The maximum Gasteiger partial charge on any atom is 0.125 e. The van der Waals surface area contributed by atoms with Crippen molar-refractivity contribution in [1.29, 1.82) is 0 Å². The second kappa shape index (κ2) is 4.96. The monoisotopic (exact) mass is 246 g/mol. The van der Waals surface area contributed by atoms with Gasteiger partial charge in [0.25, 0.3) is 0 Å². The van der Waals surface area contributed by atoms with E-state index in [2.05, 4.69) is 0 Å². The highest BCUT2D eigenvalue weighted by Crippen LogP contribution is 2.32. The first-order chi connectivity index (χ1) is 8.61. The van der Waals surface area contributed by atoms with E-state index < -0.39 is 0 Å². The molecule has 0 amide bonds. The SMILES string of the molecule is COc1ccc(N)c(N(C)c2cccc(F)c2)c1. The van der Waals surface area contributed by atoms with Crippen LogP contribution in [0.25, 0.3) is 0 Å². The summed E-state index contributed by atoms with van der Waals surface area (Å²) in [5, 5.41) is 0. The first-order valence-electron chi connectivity index (χ1n) is 5.54. The first kappa shape index (κ1) is 12.2. The lowest BCUT2D eigenvalue weighted by molar-refractivity contribution is 0.415. The fraction of sp³-hybridized carbons (Fsp3) is 0.143. The summed E-state index contributed by atoms with van der Waals surface area (Å²) >= 11 is 0. The highest BCUT2D eigenvalue weighted by atomic mass is 19.1. The number of nitrogens with zero attached hydrogens (tertiary/aromatic N) is 1. The number of methoxy groups -OCH3 is 1. The molecular weight excluding hydrogens is 231 g/mol. The van der Waals surface area contributed by atoms with Crippen LogP contribution in [-0.4, -0.2) is 14.2 Å². The van der Waals surface area contributed by atoms with Crippen molar-refractivity contribution in [3.8, 4) is 5.75 Å². The van der Waals surface area contributed by atoms with Crippen molar-refractivity contribution >= 4 is 17.1 Å². The zero-order valence-corrected chi connectivity index (χ0v) is 10.4. The van der Waals surface area contributed by atoms with E-state index in [4.69, 9.17) is 10.5 Å². The highest BCUT2D eigenvalue weighted by molar-refractivity contribution is 5.75. The topological polar surface area (TPSA) is 38.5 Å². The molecule has 0 atom stereocenters. The van der Waals surface area contributed by atoms with Gasteiger partial charge in [0.15, 0.2) is 0 Å². The minimum absolute atomic E-state index is 0.277. The Morgan fingerprint density at radius 3 is 2.61 bits per heavy atom. The smallest absolute Gasteiger partial charge is 0.125 e. The van der Waals surface area contributed by atoms with Gasteiger partial charge in [-0.15, -0.1) is 0 Å². The van der Waals surface area contributed by atoms with Crippen LogP contribution in [0.3, 0.4) is 0 Å². The van der Waals surface area contributed by atoms with Crippen molar-refractivity contribution in [1.82, 2.24) is 0 Å². The predicted molar refractivity (Wildman–Crippen MR) is 71.9 cm³/mol. The van der Waals surface area contributed by atoms with Crippen molar-refractivity contribution < 1.29 is 9.13 Å². The summed E-state index contributed by atoms with van der Waals surface area (Å²) < 4.78 is 18.4. The van der Waals surface area contributed by atoms with Gasteiger partial charge in [-0.1, -0.05) is 6.07 Å². The van der Waals surface area contributed by atoms with Crippen molar-refractivity contribution in [3.63, 3.8) is 0 Å². The Bertz CT molecular complexity index is 557. The fourth-order valence-electron chi connectivity index (χ4n) is 1.76. The molecule has 0 heterocycles. The molecule has 0 radical (unpaired) electrons. The summed E-state index contributed by atoms with van der Waals surface area (Å²) in [5.74, 6) is 0.434. The minimum Gasteiger partial charge on any atom is -0.497 e. The largest absolute Gasteiger partial charge is 0.497 e. The van der Waals surface area contributed by atoms with Crippen LogP contribution in [0.2, 0.25) is 0 Å². The molecule has 2 N–H and O–H groups in total. The molecule has 2 aromatic carbocycles. The standard InChI is InChI=1S/C14H15FN2O/c1-17(11-5-3-4-10(15)8-11)14-9-12(18-2)6-7-13(14)16/h3-9H,16H2,1-2H3. The number of anilines is 3. The Labute approximate surface area is 106 Å². The molecule has 3 nitrogen and oxygen atoms in total. The Morgan fingerprint density at radius 2 is 1.94 bits per heavy atom. The van der Waals surface area contributed by atoms with Gasteiger partial charge in [0.1, 0.15) is 11.6 Å². The third kappa shape index (κ3) is 2.37. The van der Waals surface area contributed by atoms with Crippen LogP contribution in [-0.2, 0) is 0 Å². The number of rotatable bonds is 3. The van der Waals surface area contributed by atoms with Crippen molar-refractivity contribution in [2.24, 2.45) is 0 Å². The molecule has 18 heavy (non-hydrogen) atoms. The van der Waals surface area contributed by atoms with E-state index in [0.29, 0.717) is 11.4 Å². The Hall–Kier alpha value is -2.23. The summed E-state index contributed by atoms with van der Waals surface area (Å²) in [7, 11) is 3.43. The minimum atomic E-state index is -0.277. The van der Waals surface area contributed by atoms with Crippen molar-refractivity contribution in [3.05, 3.63) is 48.3 Å². The molecule has 0 saturated heterocycles. The number of halogens is 1. The highest BCUT2D eigenvalue weighted by Gasteiger charge is 2.09. The van der Waals surface area contributed by atoms with E-state index in [9.17, 15) is 4.39 Å². The van der Waals surface area contributed by atoms with Gasteiger partial charge in [-0.05, 0) is 30.3 Å². The second-order valence-electron chi connectivity index (χ2n) is 3.96. The maximum absolute atomic E-state index is 13.2. The van der Waals surface area contributed by atoms with Gasteiger partial charge >= 0.3 is 0 Å². The molecule has 0 aliphatic carbocycles. The normalized spacial score (nSPS) is 10.2. The summed E-state index contributed by atoms with van der Waals surface area (Å²) in [6, 6.07) is 11.7. The number of nitrogen functional groups attached to an aromatic ring is 1. The van der Waals surface area contributed by atoms with Gasteiger partial charge in [-0.3, -0.25) is 0 Å². The molecule has 0 fully saturated rings. The number of benzene rings is 2. The number of ether oxygens (including phenoxy) is 1. The van der Waals surface area contributed by atoms with Gasteiger partial charge in [-0.25, -0.2) is 4.39 Å². The van der Waals surface area contributed by atoms with E-state index in [0.717, 1.165) is 11.4 Å². The average Bonchev–Trinajstić information content (AvgIpc) is 2.38. The first-order valence-corrected chi connectivity index (χ1v) is 5.54. The van der Waals surface area contributed by atoms with Gasteiger partial charge in [-0.2, -0.15) is 0 Å². The summed E-state index contributed by atoms with van der Waals surface area (Å²) in [6.45, 7) is 0. The molecule has 2 rings (SSSR count). The van der Waals surface area contributed by atoms with Gasteiger partial charge < -0.3 is 15.4 Å². The number of hydrogen-bond acceptors (Lipinski definition) is 3. The second-order valence-corrected chi connectivity index (χ2v) is 3.96. The fourth-order valence-corrected chi connectivity index (χ4v) is 1.76. The molecular formula is C14H15FN2O. The van der Waals surface area contributed by atoms with Crippen molar-refractivity contribution in [2.75, 3.05) is 24.8 Å². The third-order valence-corrected chi connectivity index (χ3v) is 2.79. The Morgan fingerprint density at radius 1 is 1.17 bits per heavy atom. The Kier molecular flexibility index (Phi) is 3.37. The molecule has 4 heteroatoms. The predicted octanol–water partition coefficient (Wildman–Crippen LogP) is 3.18. The Balaban J connectivity index is 2.41.